The van der Waals surface area contributed by atoms with Gasteiger partial charge in [-0.05, 0) is 38.4 Å². The van der Waals surface area contributed by atoms with Gasteiger partial charge in [-0.3, -0.25) is 9.59 Å². The van der Waals surface area contributed by atoms with Crippen LogP contribution in [-0.2, 0) is 14.8 Å². The molecule has 0 atom stereocenters. The fraction of sp³-hybridized carbons (Fsp3) is 0.571. The maximum atomic E-state index is 12.0. The second-order valence-corrected chi connectivity index (χ2v) is 7.09. The average Bonchev–Trinajstić information content (AvgIpc) is 3.06. The third kappa shape index (κ3) is 4.55. The van der Waals surface area contributed by atoms with Gasteiger partial charge in [-0.25, -0.2) is 13.1 Å². The van der Waals surface area contributed by atoms with Crippen LogP contribution >= 0.6 is 0 Å². The number of piperidine rings is 1. The van der Waals surface area contributed by atoms with E-state index in [1.54, 1.807) is 4.90 Å². The van der Waals surface area contributed by atoms with E-state index in [9.17, 15) is 18.0 Å². The molecule has 0 aromatic carbocycles. The van der Waals surface area contributed by atoms with Crippen molar-refractivity contribution in [1.29, 1.82) is 0 Å². The average molecular weight is 343 g/mol. The monoisotopic (exact) mass is 343 g/mol. The summed E-state index contributed by atoms with van der Waals surface area (Å²) in [6, 6.07) is 2.49. The van der Waals surface area contributed by atoms with Crippen LogP contribution in [0.5, 0.6) is 0 Å². The fourth-order valence-electron chi connectivity index (χ4n) is 2.36. The molecule has 0 bridgehead atoms. The highest BCUT2D eigenvalue weighted by atomic mass is 32.2. The Balaban J connectivity index is 1.82. The Kier molecular flexibility index (Phi) is 5.78. The van der Waals surface area contributed by atoms with Gasteiger partial charge in [-0.2, -0.15) is 0 Å². The highest BCUT2D eigenvalue weighted by Gasteiger charge is 2.20. The maximum absolute atomic E-state index is 12.0. The summed E-state index contributed by atoms with van der Waals surface area (Å²) in [6.45, 7) is 1.73. The van der Waals surface area contributed by atoms with Crippen LogP contribution in [0.4, 0.5) is 0 Å². The van der Waals surface area contributed by atoms with Crippen molar-refractivity contribution in [3.63, 3.8) is 0 Å². The van der Waals surface area contributed by atoms with Crippen molar-refractivity contribution in [3.8, 4) is 0 Å². The largest absolute Gasteiger partial charge is 0.438 e. The highest BCUT2D eigenvalue weighted by Crippen LogP contribution is 2.13. The van der Waals surface area contributed by atoms with E-state index in [0.717, 1.165) is 32.4 Å². The van der Waals surface area contributed by atoms with Gasteiger partial charge in [0.2, 0.25) is 11.0 Å². The SMILES string of the molecule is CNS(=O)(=O)c1ccc(C(=O)NCCC(=O)N2CCCCC2)o1. The summed E-state index contributed by atoms with van der Waals surface area (Å²) in [5.74, 6) is -0.638. The molecule has 1 aromatic rings. The quantitative estimate of drug-likeness (QED) is 0.773. The van der Waals surface area contributed by atoms with Crippen LogP contribution in [0.3, 0.4) is 0 Å². The highest BCUT2D eigenvalue weighted by molar-refractivity contribution is 7.89. The van der Waals surface area contributed by atoms with Crippen molar-refractivity contribution in [2.45, 2.75) is 30.8 Å². The zero-order chi connectivity index (χ0) is 16.9. The number of likely N-dealkylation sites (tertiary alicyclic amines) is 1. The number of sulfonamides is 1. The first-order valence-corrected chi connectivity index (χ1v) is 9.02. The molecule has 2 N–H and O–H groups in total. The van der Waals surface area contributed by atoms with E-state index in [4.69, 9.17) is 4.42 Å². The van der Waals surface area contributed by atoms with E-state index in [-0.39, 0.29) is 29.7 Å². The molecule has 0 aliphatic carbocycles. The number of rotatable bonds is 6. The first-order chi connectivity index (χ1) is 10.9. The minimum absolute atomic E-state index is 0.0166. The maximum Gasteiger partial charge on any atom is 0.287 e. The molecule has 0 unspecified atom stereocenters. The van der Waals surface area contributed by atoms with Crippen molar-refractivity contribution >= 4 is 21.8 Å². The van der Waals surface area contributed by atoms with Crippen molar-refractivity contribution < 1.29 is 22.4 Å². The van der Waals surface area contributed by atoms with Gasteiger partial charge in [-0.1, -0.05) is 0 Å². The Morgan fingerprint density at radius 2 is 1.91 bits per heavy atom. The van der Waals surface area contributed by atoms with E-state index in [0.29, 0.717) is 0 Å². The number of hydrogen-bond donors (Lipinski definition) is 2. The summed E-state index contributed by atoms with van der Waals surface area (Å²) in [4.78, 5) is 25.6. The summed E-state index contributed by atoms with van der Waals surface area (Å²) in [5.41, 5.74) is 0. The Morgan fingerprint density at radius 1 is 1.22 bits per heavy atom. The molecule has 1 aliphatic heterocycles. The van der Waals surface area contributed by atoms with Gasteiger partial charge in [-0.15, -0.1) is 0 Å². The Labute approximate surface area is 135 Å². The van der Waals surface area contributed by atoms with Crippen LogP contribution in [-0.4, -0.2) is 51.8 Å². The van der Waals surface area contributed by atoms with Gasteiger partial charge >= 0.3 is 0 Å². The zero-order valence-corrected chi connectivity index (χ0v) is 13.8. The summed E-state index contributed by atoms with van der Waals surface area (Å²) in [7, 11) is -2.46. The molecular formula is C14H21N3O5S. The van der Waals surface area contributed by atoms with Crippen LogP contribution in [0.15, 0.2) is 21.6 Å². The van der Waals surface area contributed by atoms with Crippen molar-refractivity contribution in [2.75, 3.05) is 26.7 Å². The molecule has 1 fully saturated rings. The standard InChI is InChI=1S/C14H21N3O5S/c1-15-23(20,21)13-6-5-11(22-13)14(19)16-8-7-12(18)17-9-3-2-4-10-17/h5-6,15H,2-4,7-10H2,1H3,(H,16,19). The summed E-state index contributed by atoms with van der Waals surface area (Å²) < 4.78 is 30.2. The summed E-state index contributed by atoms with van der Waals surface area (Å²) in [5, 5.41) is 2.23. The number of hydrogen-bond acceptors (Lipinski definition) is 5. The van der Waals surface area contributed by atoms with E-state index in [2.05, 4.69) is 10.0 Å². The van der Waals surface area contributed by atoms with Crippen molar-refractivity contribution in [1.82, 2.24) is 14.9 Å². The minimum atomic E-state index is -3.72. The van der Waals surface area contributed by atoms with Crippen LogP contribution < -0.4 is 10.0 Å². The Hall–Kier alpha value is -1.87. The van der Waals surface area contributed by atoms with Crippen LogP contribution in [0.1, 0.15) is 36.2 Å². The summed E-state index contributed by atoms with van der Waals surface area (Å²) in [6.07, 6.45) is 3.41. The Morgan fingerprint density at radius 3 is 2.57 bits per heavy atom. The molecule has 0 saturated carbocycles. The number of carbonyl (C=O) groups is 2. The molecular weight excluding hydrogens is 322 g/mol. The van der Waals surface area contributed by atoms with Gasteiger partial charge < -0.3 is 14.6 Å². The second kappa shape index (κ2) is 7.60. The van der Waals surface area contributed by atoms with Crippen LogP contribution in [0, 0.1) is 0 Å². The number of amides is 2. The lowest BCUT2D eigenvalue weighted by Gasteiger charge is -2.26. The molecule has 2 rings (SSSR count). The molecule has 2 heterocycles. The molecule has 8 nitrogen and oxygen atoms in total. The fourth-order valence-corrected chi connectivity index (χ4v) is 3.01. The third-order valence-corrected chi connectivity index (χ3v) is 4.96. The summed E-state index contributed by atoms with van der Waals surface area (Å²) >= 11 is 0. The van der Waals surface area contributed by atoms with Crippen molar-refractivity contribution in [2.24, 2.45) is 0 Å². The van der Waals surface area contributed by atoms with E-state index < -0.39 is 15.9 Å². The zero-order valence-electron chi connectivity index (χ0n) is 13.0. The van der Waals surface area contributed by atoms with Gasteiger partial charge in [0, 0.05) is 26.1 Å². The second-order valence-electron chi connectivity index (χ2n) is 5.27. The topological polar surface area (TPSA) is 109 Å². The molecule has 128 valence electrons. The molecule has 9 heteroatoms. The molecule has 1 saturated heterocycles. The number of nitrogens with one attached hydrogen (secondary N) is 2. The lowest BCUT2D eigenvalue weighted by Crippen LogP contribution is -2.37. The smallest absolute Gasteiger partial charge is 0.287 e. The minimum Gasteiger partial charge on any atom is -0.438 e. The van der Waals surface area contributed by atoms with E-state index >= 15 is 0 Å². The molecule has 1 aromatic heterocycles. The number of furan rings is 1. The third-order valence-electron chi connectivity index (χ3n) is 3.67. The van der Waals surface area contributed by atoms with Crippen molar-refractivity contribution in [3.05, 3.63) is 17.9 Å². The molecule has 2 amide bonds. The molecule has 23 heavy (non-hydrogen) atoms. The number of carbonyl (C=O) groups excluding carboxylic acids is 2. The molecule has 1 aliphatic rings. The first-order valence-electron chi connectivity index (χ1n) is 7.53. The van der Waals surface area contributed by atoms with E-state index in [1.165, 1.54) is 19.2 Å². The van der Waals surface area contributed by atoms with Gasteiger partial charge in [0.25, 0.3) is 15.9 Å². The molecule has 0 spiro atoms. The predicted octanol–water partition coefficient (Wildman–Crippen LogP) is 0.320. The number of nitrogens with zero attached hydrogens (tertiary/aromatic N) is 1. The first kappa shape index (κ1) is 17.5. The molecule has 0 radical (unpaired) electrons. The van der Waals surface area contributed by atoms with Crippen LogP contribution in [0.25, 0.3) is 0 Å². The Bertz CT molecular complexity index is 662. The van der Waals surface area contributed by atoms with Gasteiger partial charge in [0.05, 0.1) is 0 Å². The van der Waals surface area contributed by atoms with E-state index in [1.807, 2.05) is 0 Å². The lowest BCUT2D eigenvalue weighted by atomic mass is 10.1. The lowest BCUT2D eigenvalue weighted by molar-refractivity contribution is -0.131. The normalized spacial score (nSPS) is 15.4. The van der Waals surface area contributed by atoms with Gasteiger partial charge in [0.1, 0.15) is 0 Å². The van der Waals surface area contributed by atoms with Gasteiger partial charge in [0.15, 0.2) is 5.76 Å². The van der Waals surface area contributed by atoms with Crippen LogP contribution in [0.2, 0.25) is 0 Å². The predicted molar refractivity (Wildman–Crippen MR) is 82.3 cm³/mol.